The zero-order valence-electron chi connectivity index (χ0n) is 15.6. The van der Waals surface area contributed by atoms with Crippen LogP contribution in [0.15, 0.2) is 41.8 Å². The summed E-state index contributed by atoms with van der Waals surface area (Å²) in [5, 5.41) is 3.57. The Kier molecular flexibility index (Phi) is 5.03. The predicted molar refractivity (Wildman–Crippen MR) is 109 cm³/mol. The maximum absolute atomic E-state index is 11.7. The van der Waals surface area contributed by atoms with E-state index in [1.165, 1.54) is 26.8 Å². The monoisotopic (exact) mass is 381 g/mol. The lowest BCUT2D eigenvalue weighted by Crippen LogP contribution is -2.34. The Morgan fingerprint density at radius 2 is 1.96 bits per heavy atom. The second-order valence-corrected chi connectivity index (χ2v) is 7.72. The zero-order valence-corrected chi connectivity index (χ0v) is 16.4. The molecule has 1 atom stereocenters. The molecule has 4 rings (SSSR count). The van der Waals surface area contributed by atoms with Crippen LogP contribution >= 0.6 is 11.3 Å². The Balaban J connectivity index is 1.65. The van der Waals surface area contributed by atoms with E-state index < -0.39 is 0 Å². The van der Waals surface area contributed by atoms with E-state index in [-0.39, 0.29) is 6.04 Å². The molecule has 1 amide bonds. The van der Waals surface area contributed by atoms with E-state index in [9.17, 15) is 4.79 Å². The highest BCUT2D eigenvalue weighted by atomic mass is 32.1. The van der Waals surface area contributed by atoms with Gasteiger partial charge in [0.15, 0.2) is 11.5 Å². The topological polar surface area (TPSA) is 38.8 Å². The maximum atomic E-state index is 11.7. The first-order chi connectivity index (χ1) is 13.2. The fourth-order valence-corrected chi connectivity index (χ4v) is 5.01. The van der Waals surface area contributed by atoms with E-state index in [1.807, 2.05) is 11.0 Å². The molecule has 0 aliphatic carbocycles. The van der Waals surface area contributed by atoms with Crippen molar-refractivity contribution in [2.45, 2.75) is 25.3 Å². The quantitative estimate of drug-likeness (QED) is 0.586. The third-order valence-corrected chi connectivity index (χ3v) is 6.44. The van der Waals surface area contributed by atoms with Gasteiger partial charge in [-0.1, -0.05) is 18.2 Å². The summed E-state index contributed by atoms with van der Waals surface area (Å²) in [7, 11) is 3.31. The highest BCUT2D eigenvalue weighted by Crippen LogP contribution is 2.40. The molecule has 5 heteroatoms. The normalized spacial score (nSPS) is 16.2. The second kappa shape index (κ2) is 7.61. The number of aryl methyl sites for hydroxylation is 1. The number of hydrogen-bond acceptors (Lipinski definition) is 4. The van der Waals surface area contributed by atoms with Gasteiger partial charge in [-0.3, -0.25) is 4.79 Å². The van der Waals surface area contributed by atoms with Crippen LogP contribution in [-0.4, -0.2) is 32.1 Å². The van der Waals surface area contributed by atoms with Gasteiger partial charge in [0.05, 0.1) is 20.3 Å². The number of nitrogens with zero attached hydrogens (tertiary/aromatic N) is 1. The highest BCUT2D eigenvalue weighted by Gasteiger charge is 2.28. The molecule has 2 heterocycles. The molecule has 0 saturated heterocycles. The second-order valence-electron chi connectivity index (χ2n) is 6.81. The summed E-state index contributed by atoms with van der Waals surface area (Å²) < 4.78 is 12.3. The Bertz CT molecular complexity index is 965. The van der Waals surface area contributed by atoms with Gasteiger partial charge in [0.1, 0.15) is 0 Å². The highest BCUT2D eigenvalue weighted by molar-refractivity contribution is 7.17. The van der Waals surface area contributed by atoms with Crippen molar-refractivity contribution in [1.82, 2.24) is 4.90 Å². The number of amides is 1. The lowest BCUT2D eigenvalue weighted by molar-refractivity contribution is -0.120. The van der Waals surface area contributed by atoms with Crippen LogP contribution in [0.5, 0.6) is 11.5 Å². The Labute approximate surface area is 163 Å². The van der Waals surface area contributed by atoms with Crippen LogP contribution in [0, 0.1) is 0 Å². The SMILES string of the molecule is COc1cc2c(cc1OC)C(CCc1csc3ccccc13)N(C=O)CC2. The van der Waals surface area contributed by atoms with Crippen molar-refractivity contribution >= 4 is 27.8 Å². The number of thiophene rings is 1. The minimum absolute atomic E-state index is 0.0599. The van der Waals surface area contributed by atoms with Crippen LogP contribution in [0.4, 0.5) is 0 Å². The number of benzene rings is 2. The lowest BCUT2D eigenvalue weighted by atomic mass is 9.88. The molecule has 0 fully saturated rings. The molecule has 1 aliphatic rings. The number of rotatable bonds is 6. The molecule has 1 unspecified atom stereocenters. The molecule has 0 saturated carbocycles. The van der Waals surface area contributed by atoms with Gasteiger partial charge in [0.25, 0.3) is 0 Å². The summed E-state index contributed by atoms with van der Waals surface area (Å²) >= 11 is 1.78. The number of ether oxygens (including phenoxy) is 2. The molecule has 140 valence electrons. The van der Waals surface area contributed by atoms with Crippen LogP contribution in [0.2, 0.25) is 0 Å². The summed E-state index contributed by atoms with van der Waals surface area (Å²) in [6, 6.07) is 12.7. The van der Waals surface area contributed by atoms with Gasteiger partial charge in [-0.2, -0.15) is 0 Å². The average Bonchev–Trinajstić information content (AvgIpc) is 3.13. The van der Waals surface area contributed by atoms with Gasteiger partial charge < -0.3 is 14.4 Å². The number of carbonyl (C=O) groups excluding carboxylic acids is 1. The first kappa shape index (κ1) is 17.9. The zero-order chi connectivity index (χ0) is 18.8. The van der Waals surface area contributed by atoms with E-state index >= 15 is 0 Å². The van der Waals surface area contributed by atoms with E-state index in [2.05, 4.69) is 35.7 Å². The van der Waals surface area contributed by atoms with E-state index in [1.54, 1.807) is 25.6 Å². The standard InChI is InChI=1S/C22H23NO3S/c1-25-20-11-15-9-10-23(14-24)19(18(15)12-21(20)26-2)8-7-16-13-27-22-6-4-3-5-17(16)22/h3-6,11-14,19H,7-10H2,1-2H3. The number of hydrogen-bond donors (Lipinski definition) is 0. The minimum Gasteiger partial charge on any atom is -0.493 e. The molecule has 1 aromatic heterocycles. The van der Waals surface area contributed by atoms with Crippen molar-refractivity contribution in [3.05, 3.63) is 58.5 Å². The molecule has 3 aromatic rings. The molecule has 0 N–H and O–H groups in total. The molecule has 27 heavy (non-hydrogen) atoms. The predicted octanol–water partition coefficient (Wildman–Crippen LogP) is 4.61. The summed E-state index contributed by atoms with van der Waals surface area (Å²) in [5.74, 6) is 1.47. The van der Waals surface area contributed by atoms with Gasteiger partial charge in [0.2, 0.25) is 6.41 Å². The van der Waals surface area contributed by atoms with Crippen LogP contribution < -0.4 is 9.47 Å². The summed E-state index contributed by atoms with van der Waals surface area (Å²) in [6.07, 6.45) is 3.65. The first-order valence-corrected chi connectivity index (χ1v) is 10.0. The largest absolute Gasteiger partial charge is 0.493 e. The maximum Gasteiger partial charge on any atom is 0.210 e. The Hall–Kier alpha value is -2.53. The van der Waals surface area contributed by atoms with Crippen molar-refractivity contribution in [2.24, 2.45) is 0 Å². The number of methoxy groups -OCH3 is 2. The van der Waals surface area contributed by atoms with Crippen molar-refractivity contribution in [3.8, 4) is 11.5 Å². The van der Waals surface area contributed by atoms with Crippen molar-refractivity contribution in [3.63, 3.8) is 0 Å². The van der Waals surface area contributed by atoms with Crippen molar-refractivity contribution in [2.75, 3.05) is 20.8 Å². The smallest absolute Gasteiger partial charge is 0.210 e. The van der Waals surface area contributed by atoms with Gasteiger partial charge >= 0.3 is 0 Å². The van der Waals surface area contributed by atoms with Crippen molar-refractivity contribution in [1.29, 1.82) is 0 Å². The summed E-state index contributed by atoms with van der Waals surface area (Å²) in [6.45, 7) is 0.737. The van der Waals surface area contributed by atoms with Crippen LogP contribution in [0.25, 0.3) is 10.1 Å². The van der Waals surface area contributed by atoms with Crippen LogP contribution in [0.3, 0.4) is 0 Å². The van der Waals surface area contributed by atoms with Crippen molar-refractivity contribution < 1.29 is 14.3 Å². The van der Waals surface area contributed by atoms with Crippen LogP contribution in [0.1, 0.15) is 29.2 Å². The summed E-state index contributed by atoms with van der Waals surface area (Å²) in [5.41, 5.74) is 3.77. The first-order valence-electron chi connectivity index (χ1n) is 9.16. The minimum atomic E-state index is 0.0599. The lowest BCUT2D eigenvalue weighted by Gasteiger charge is -2.35. The van der Waals surface area contributed by atoms with Gasteiger partial charge in [-0.25, -0.2) is 0 Å². The Morgan fingerprint density at radius 3 is 2.74 bits per heavy atom. The molecule has 4 nitrogen and oxygen atoms in total. The molecular weight excluding hydrogens is 358 g/mol. The molecule has 1 aliphatic heterocycles. The van der Waals surface area contributed by atoms with Gasteiger partial charge in [-0.15, -0.1) is 11.3 Å². The van der Waals surface area contributed by atoms with E-state index in [0.717, 1.165) is 43.7 Å². The third kappa shape index (κ3) is 3.28. The number of carbonyl (C=O) groups is 1. The third-order valence-electron chi connectivity index (χ3n) is 5.43. The Morgan fingerprint density at radius 1 is 1.19 bits per heavy atom. The number of fused-ring (bicyclic) bond motifs is 2. The molecular formula is C22H23NO3S. The fourth-order valence-electron chi connectivity index (χ4n) is 4.01. The molecule has 2 aromatic carbocycles. The van der Waals surface area contributed by atoms with E-state index in [4.69, 9.17) is 9.47 Å². The van der Waals surface area contributed by atoms with Gasteiger partial charge in [-0.05, 0) is 64.9 Å². The fraction of sp³-hybridized carbons (Fsp3) is 0.318. The summed E-state index contributed by atoms with van der Waals surface area (Å²) in [4.78, 5) is 13.6. The molecule has 0 spiro atoms. The molecule has 0 bridgehead atoms. The van der Waals surface area contributed by atoms with E-state index in [0.29, 0.717) is 0 Å². The average molecular weight is 381 g/mol. The van der Waals surface area contributed by atoms with Gasteiger partial charge in [0, 0.05) is 11.2 Å². The molecule has 0 radical (unpaired) electrons. The van der Waals surface area contributed by atoms with Crippen LogP contribution in [-0.2, 0) is 17.6 Å².